The number of amides is 1. The second kappa shape index (κ2) is 4.59. The molecule has 1 amide bonds. The van der Waals surface area contributed by atoms with E-state index in [0.717, 1.165) is 18.5 Å². The molecule has 80 valence electrons. The zero-order valence-corrected chi connectivity index (χ0v) is 10.1. The number of carbonyl (C=O) groups excluding carboxylic acids is 1. The van der Waals surface area contributed by atoms with Crippen molar-refractivity contribution in [2.45, 2.75) is 30.3 Å². The van der Waals surface area contributed by atoms with Crippen LogP contribution < -0.4 is 0 Å². The number of unbranched alkanes of at least 4 members (excludes halogenated alkanes) is 1. The summed E-state index contributed by atoms with van der Waals surface area (Å²) in [5.74, 6) is -0.214. The topological polar surface area (TPSA) is 29.5 Å². The lowest BCUT2D eigenvalue weighted by molar-refractivity contribution is -0.159. The Hall–Kier alpha value is -0.130. The van der Waals surface area contributed by atoms with E-state index < -0.39 is 4.08 Å². The summed E-state index contributed by atoms with van der Waals surface area (Å²) in [5.41, 5.74) is 0.851. The zero-order chi connectivity index (χ0) is 10.8. The van der Waals surface area contributed by atoms with Gasteiger partial charge in [-0.05, 0) is 6.42 Å². The molecule has 0 unspecified atom stereocenters. The highest BCUT2D eigenvalue weighted by atomic mass is 32.2. The lowest BCUT2D eigenvalue weighted by Crippen LogP contribution is -2.30. The fourth-order valence-corrected chi connectivity index (χ4v) is 1.86. The molecule has 0 bridgehead atoms. The second-order valence-corrected chi connectivity index (χ2v) is 5.14. The van der Waals surface area contributed by atoms with Crippen molar-refractivity contribution in [2.75, 3.05) is 7.11 Å². The van der Waals surface area contributed by atoms with E-state index in [1.54, 1.807) is 0 Å². The van der Waals surface area contributed by atoms with Gasteiger partial charge in [0.2, 0.25) is 0 Å². The van der Waals surface area contributed by atoms with Gasteiger partial charge in [0.05, 0.1) is 7.11 Å². The quantitative estimate of drug-likeness (QED) is 0.577. The highest BCUT2D eigenvalue weighted by Gasteiger charge is 2.44. The Morgan fingerprint density at radius 1 is 1.64 bits per heavy atom. The van der Waals surface area contributed by atoms with Crippen molar-refractivity contribution in [2.24, 2.45) is 0 Å². The van der Waals surface area contributed by atoms with Crippen LogP contribution >= 0.6 is 25.3 Å². The first-order chi connectivity index (χ1) is 6.53. The van der Waals surface area contributed by atoms with Crippen LogP contribution in [0.3, 0.4) is 0 Å². The van der Waals surface area contributed by atoms with E-state index in [9.17, 15) is 4.79 Å². The van der Waals surface area contributed by atoms with Gasteiger partial charge in [-0.1, -0.05) is 19.4 Å². The van der Waals surface area contributed by atoms with Gasteiger partial charge < -0.3 is 0 Å². The molecule has 0 aliphatic carbocycles. The molecule has 0 aromatic heterocycles. The Morgan fingerprint density at radius 3 is 2.79 bits per heavy atom. The predicted octanol–water partition coefficient (Wildman–Crippen LogP) is 2.02. The number of hydroxylamine groups is 2. The first kappa shape index (κ1) is 11.9. The maximum absolute atomic E-state index is 11.6. The average molecular weight is 233 g/mol. The molecule has 1 heterocycles. The SMILES string of the molecule is CCCC=C1CC(S)(S)C(=O)N1OC. The van der Waals surface area contributed by atoms with Crippen LogP contribution in [0.25, 0.3) is 0 Å². The van der Waals surface area contributed by atoms with Crippen LogP contribution in [0.5, 0.6) is 0 Å². The number of carbonyl (C=O) groups is 1. The van der Waals surface area contributed by atoms with Gasteiger partial charge in [0, 0.05) is 12.1 Å². The first-order valence-corrected chi connectivity index (χ1v) is 5.44. The lowest BCUT2D eigenvalue weighted by Gasteiger charge is -2.15. The summed E-state index contributed by atoms with van der Waals surface area (Å²) in [7, 11) is 1.47. The Labute approximate surface area is 95.3 Å². The maximum Gasteiger partial charge on any atom is 0.276 e. The highest BCUT2D eigenvalue weighted by molar-refractivity contribution is 8.02. The van der Waals surface area contributed by atoms with Crippen LogP contribution in [0, 0.1) is 0 Å². The molecule has 0 spiro atoms. The van der Waals surface area contributed by atoms with Crippen LogP contribution in [0.2, 0.25) is 0 Å². The molecule has 1 aliphatic rings. The molecule has 0 atom stereocenters. The summed E-state index contributed by atoms with van der Waals surface area (Å²) in [4.78, 5) is 16.6. The van der Waals surface area contributed by atoms with Crippen molar-refractivity contribution >= 4 is 31.2 Å². The summed E-state index contributed by atoms with van der Waals surface area (Å²) >= 11 is 8.38. The summed E-state index contributed by atoms with van der Waals surface area (Å²) in [5, 5.41) is 1.27. The lowest BCUT2D eigenvalue weighted by atomic mass is 10.2. The third kappa shape index (κ3) is 2.27. The minimum atomic E-state index is -0.921. The van der Waals surface area contributed by atoms with Crippen molar-refractivity contribution in [3.05, 3.63) is 11.8 Å². The first-order valence-electron chi connectivity index (χ1n) is 4.55. The molecular weight excluding hydrogens is 218 g/mol. The molecule has 1 rings (SSSR count). The van der Waals surface area contributed by atoms with E-state index in [0.29, 0.717) is 6.42 Å². The Kier molecular flexibility index (Phi) is 3.92. The van der Waals surface area contributed by atoms with Crippen LogP contribution in [-0.2, 0) is 9.63 Å². The highest BCUT2D eigenvalue weighted by Crippen LogP contribution is 2.39. The van der Waals surface area contributed by atoms with E-state index in [2.05, 4.69) is 32.2 Å². The largest absolute Gasteiger partial charge is 0.276 e. The van der Waals surface area contributed by atoms with Gasteiger partial charge in [0.1, 0.15) is 4.08 Å². The predicted molar refractivity (Wildman–Crippen MR) is 62.2 cm³/mol. The minimum absolute atomic E-state index is 0.214. The van der Waals surface area contributed by atoms with E-state index in [4.69, 9.17) is 4.84 Å². The number of hydrogen-bond donors (Lipinski definition) is 2. The van der Waals surface area contributed by atoms with Crippen LogP contribution in [0.15, 0.2) is 11.8 Å². The van der Waals surface area contributed by atoms with Crippen molar-refractivity contribution in [3.63, 3.8) is 0 Å². The molecule has 14 heavy (non-hydrogen) atoms. The van der Waals surface area contributed by atoms with E-state index in [1.807, 2.05) is 6.08 Å². The molecule has 0 N–H and O–H groups in total. The molecule has 0 radical (unpaired) electrons. The summed E-state index contributed by atoms with van der Waals surface area (Å²) < 4.78 is -0.921. The second-order valence-electron chi connectivity index (χ2n) is 3.26. The standard InChI is InChI=1S/C9H15NO2S2/c1-3-4-5-7-6-9(13,14)8(11)10(7)12-2/h5,13-14H,3-4,6H2,1-2H3. The van der Waals surface area contributed by atoms with E-state index in [-0.39, 0.29) is 5.91 Å². The van der Waals surface area contributed by atoms with E-state index in [1.165, 1.54) is 12.2 Å². The van der Waals surface area contributed by atoms with Gasteiger partial charge in [0.15, 0.2) is 0 Å². The Balaban J connectivity index is 2.84. The third-order valence-corrected chi connectivity index (χ3v) is 2.77. The van der Waals surface area contributed by atoms with E-state index >= 15 is 0 Å². The molecule has 0 aromatic rings. The number of nitrogens with zero attached hydrogens (tertiary/aromatic N) is 1. The molecular formula is C9H15NO2S2. The molecule has 1 saturated heterocycles. The molecule has 3 nitrogen and oxygen atoms in total. The van der Waals surface area contributed by atoms with Crippen LogP contribution in [0.1, 0.15) is 26.2 Å². The van der Waals surface area contributed by atoms with Crippen LogP contribution in [-0.4, -0.2) is 22.2 Å². The normalized spacial score (nSPS) is 23.6. The summed E-state index contributed by atoms with van der Waals surface area (Å²) in [6.07, 6.45) is 4.48. The average Bonchev–Trinajstić information content (AvgIpc) is 2.35. The van der Waals surface area contributed by atoms with Gasteiger partial charge in [0.25, 0.3) is 5.91 Å². The van der Waals surface area contributed by atoms with Gasteiger partial charge in [-0.15, -0.1) is 0 Å². The van der Waals surface area contributed by atoms with Crippen molar-refractivity contribution < 1.29 is 9.63 Å². The monoisotopic (exact) mass is 233 g/mol. The Bertz CT molecular complexity index is 264. The maximum atomic E-state index is 11.6. The number of rotatable bonds is 3. The Morgan fingerprint density at radius 2 is 2.29 bits per heavy atom. The van der Waals surface area contributed by atoms with Gasteiger partial charge in [-0.3, -0.25) is 9.63 Å². The van der Waals surface area contributed by atoms with Crippen molar-refractivity contribution in [1.82, 2.24) is 5.06 Å². The van der Waals surface area contributed by atoms with Gasteiger partial charge in [-0.25, -0.2) is 0 Å². The van der Waals surface area contributed by atoms with Crippen molar-refractivity contribution in [3.8, 4) is 0 Å². The van der Waals surface area contributed by atoms with Gasteiger partial charge in [-0.2, -0.15) is 30.3 Å². The number of allylic oxidation sites excluding steroid dienone is 2. The summed E-state index contributed by atoms with van der Waals surface area (Å²) in [6.45, 7) is 2.08. The molecule has 1 aliphatic heterocycles. The zero-order valence-electron chi connectivity index (χ0n) is 8.36. The molecule has 1 fully saturated rings. The smallest absolute Gasteiger partial charge is 0.270 e. The molecule has 5 heteroatoms. The third-order valence-electron chi connectivity index (χ3n) is 2.07. The van der Waals surface area contributed by atoms with Crippen molar-refractivity contribution in [1.29, 1.82) is 0 Å². The summed E-state index contributed by atoms with van der Waals surface area (Å²) in [6, 6.07) is 0. The van der Waals surface area contributed by atoms with Crippen LogP contribution in [0.4, 0.5) is 0 Å². The fraction of sp³-hybridized carbons (Fsp3) is 0.667. The molecule has 0 saturated carbocycles. The minimum Gasteiger partial charge on any atom is -0.270 e. The number of thiol groups is 2. The fourth-order valence-electron chi connectivity index (χ4n) is 1.36. The number of hydrogen-bond acceptors (Lipinski definition) is 4. The molecule has 0 aromatic carbocycles. The van der Waals surface area contributed by atoms with Gasteiger partial charge >= 0.3 is 0 Å².